The molecule has 0 N–H and O–H groups in total. The van der Waals surface area contributed by atoms with Gasteiger partial charge in [-0.1, -0.05) is 19.8 Å². The Labute approximate surface area is 76.8 Å². The van der Waals surface area contributed by atoms with Crippen LogP contribution in [-0.4, -0.2) is 0 Å². The Kier molecular flexibility index (Phi) is 7.62. The molecular formula is C12H18. The third-order valence-electron chi connectivity index (χ3n) is 1.85. The average Bonchev–Trinajstić information content (AvgIpc) is 2.05. The molecule has 12 heavy (non-hydrogen) atoms. The predicted molar refractivity (Wildman–Crippen MR) is 54.5 cm³/mol. The van der Waals surface area contributed by atoms with Gasteiger partial charge in [0, 0.05) is 12.3 Å². The molecule has 0 aliphatic rings. The van der Waals surface area contributed by atoms with E-state index in [1.54, 1.807) is 0 Å². The number of terminal acetylenes is 1. The van der Waals surface area contributed by atoms with Gasteiger partial charge in [-0.2, -0.15) is 0 Å². The van der Waals surface area contributed by atoms with Crippen LogP contribution in [0.1, 0.15) is 46.0 Å². The van der Waals surface area contributed by atoms with Crippen LogP contribution in [-0.2, 0) is 0 Å². The van der Waals surface area contributed by atoms with Gasteiger partial charge in [0.2, 0.25) is 0 Å². The minimum Gasteiger partial charge on any atom is -0.120 e. The van der Waals surface area contributed by atoms with E-state index in [1.165, 1.54) is 25.7 Å². The second-order valence-electron chi connectivity index (χ2n) is 3.10. The van der Waals surface area contributed by atoms with E-state index in [4.69, 9.17) is 6.42 Å². The van der Waals surface area contributed by atoms with Gasteiger partial charge in [0.25, 0.3) is 0 Å². The lowest BCUT2D eigenvalue weighted by Crippen LogP contribution is -1.89. The fraction of sp³-hybridized carbons (Fsp3) is 0.667. The van der Waals surface area contributed by atoms with Crippen molar-refractivity contribution in [2.75, 3.05) is 0 Å². The minimum absolute atomic E-state index is 0.556. The summed E-state index contributed by atoms with van der Waals surface area (Å²) in [5, 5.41) is 0. The summed E-state index contributed by atoms with van der Waals surface area (Å²) >= 11 is 0. The molecule has 0 radical (unpaired) electrons. The molecule has 0 aromatic rings. The van der Waals surface area contributed by atoms with E-state index in [0.717, 1.165) is 6.42 Å². The molecule has 0 amide bonds. The van der Waals surface area contributed by atoms with Gasteiger partial charge in [-0.25, -0.2) is 0 Å². The number of unbranched alkanes of at least 4 members (excludes halogenated alkanes) is 3. The van der Waals surface area contributed by atoms with E-state index in [-0.39, 0.29) is 0 Å². The molecule has 66 valence electrons. The summed E-state index contributed by atoms with van der Waals surface area (Å²) in [6.07, 6.45) is 11.0. The first kappa shape index (κ1) is 11.1. The summed E-state index contributed by atoms with van der Waals surface area (Å²) in [4.78, 5) is 0. The highest BCUT2D eigenvalue weighted by Crippen LogP contribution is 2.08. The summed E-state index contributed by atoms with van der Waals surface area (Å²) in [6, 6.07) is 0. The highest BCUT2D eigenvalue weighted by Gasteiger charge is 1.95. The Morgan fingerprint density at radius 1 is 1.25 bits per heavy atom. The number of hydrogen-bond donors (Lipinski definition) is 0. The third-order valence-corrected chi connectivity index (χ3v) is 1.85. The molecule has 0 aromatic heterocycles. The molecule has 0 heteroatoms. The molecule has 0 saturated heterocycles. The molecule has 1 atom stereocenters. The standard InChI is InChI=1S/C12H18/c1-4-6-7-8-9-11-12(3)10-5-2/h1,12H,6-9,11H2,2-3H3/t12-/m0/s1. The molecule has 0 nitrogen and oxygen atoms in total. The van der Waals surface area contributed by atoms with Crippen molar-refractivity contribution < 1.29 is 0 Å². The Balaban J connectivity index is 3.19. The molecule has 0 rings (SSSR count). The van der Waals surface area contributed by atoms with Crippen molar-refractivity contribution in [1.29, 1.82) is 0 Å². The molecule has 0 spiro atoms. The maximum absolute atomic E-state index is 5.15. The van der Waals surface area contributed by atoms with Gasteiger partial charge in [-0.3, -0.25) is 0 Å². The van der Waals surface area contributed by atoms with Crippen molar-refractivity contribution in [1.82, 2.24) is 0 Å². The van der Waals surface area contributed by atoms with Crippen molar-refractivity contribution in [3.05, 3.63) is 0 Å². The monoisotopic (exact) mass is 162 g/mol. The molecule has 0 aromatic carbocycles. The maximum Gasteiger partial charge on any atom is 0.0174 e. The highest BCUT2D eigenvalue weighted by atomic mass is 14.0. The largest absolute Gasteiger partial charge is 0.120 e. The summed E-state index contributed by atoms with van der Waals surface area (Å²) in [5.41, 5.74) is 0. The van der Waals surface area contributed by atoms with Crippen molar-refractivity contribution in [2.24, 2.45) is 5.92 Å². The third kappa shape index (κ3) is 7.23. The summed E-state index contributed by atoms with van der Waals surface area (Å²) in [5.74, 6) is 9.29. The lowest BCUT2D eigenvalue weighted by molar-refractivity contribution is 0.580. The van der Waals surface area contributed by atoms with Crippen LogP contribution in [0.15, 0.2) is 0 Å². The van der Waals surface area contributed by atoms with Crippen LogP contribution in [0, 0.1) is 30.1 Å². The molecule has 0 bridgehead atoms. The molecular weight excluding hydrogens is 144 g/mol. The maximum atomic E-state index is 5.15. The lowest BCUT2D eigenvalue weighted by Gasteiger charge is -2.01. The number of hydrogen-bond acceptors (Lipinski definition) is 0. The van der Waals surface area contributed by atoms with E-state index in [0.29, 0.717) is 5.92 Å². The minimum atomic E-state index is 0.556. The van der Waals surface area contributed by atoms with Crippen LogP contribution in [0.5, 0.6) is 0 Å². The Hall–Kier alpha value is -0.880. The Morgan fingerprint density at radius 3 is 2.58 bits per heavy atom. The molecule has 0 heterocycles. The first-order valence-electron chi connectivity index (χ1n) is 4.67. The zero-order valence-electron chi connectivity index (χ0n) is 8.19. The van der Waals surface area contributed by atoms with Gasteiger partial charge in [-0.05, 0) is 19.8 Å². The van der Waals surface area contributed by atoms with Crippen molar-refractivity contribution >= 4 is 0 Å². The Bertz CT molecular complexity index is 184. The predicted octanol–water partition coefficient (Wildman–Crippen LogP) is 3.23. The second-order valence-corrected chi connectivity index (χ2v) is 3.10. The fourth-order valence-electron chi connectivity index (χ4n) is 1.17. The summed E-state index contributed by atoms with van der Waals surface area (Å²) in [7, 11) is 0. The first-order valence-corrected chi connectivity index (χ1v) is 4.67. The second kappa shape index (κ2) is 8.22. The van der Waals surface area contributed by atoms with E-state index in [2.05, 4.69) is 24.7 Å². The smallest absolute Gasteiger partial charge is 0.0174 e. The molecule has 0 fully saturated rings. The van der Waals surface area contributed by atoms with Crippen LogP contribution in [0.3, 0.4) is 0 Å². The van der Waals surface area contributed by atoms with Gasteiger partial charge in [0.05, 0.1) is 0 Å². The topological polar surface area (TPSA) is 0 Å². The molecule has 0 unspecified atom stereocenters. The normalized spacial score (nSPS) is 11.1. The van der Waals surface area contributed by atoms with Crippen molar-refractivity contribution in [2.45, 2.75) is 46.0 Å². The van der Waals surface area contributed by atoms with Gasteiger partial charge in [0.1, 0.15) is 0 Å². The van der Waals surface area contributed by atoms with Gasteiger partial charge >= 0.3 is 0 Å². The SMILES string of the molecule is C#CCCCCC[C@@H](C)C#CC. The number of rotatable bonds is 5. The van der Waals surface area contributed by atoms with E-state index in [1.807, 2.05) is 6.92 Å². The van der Waals surface area contributed by atoms with Gasteiger partial charge in [0.15, 0.2) is 0 Å². The van der Waals surface area contributed by atoms with Crippen LogP contribution in [0.2, 0.25) is 0 Å². The van der Waals surface area contributed by atoms with Crippen LogP contribution in [0.25, 0.3) is 0 Å². The van der Waals surface area contributed by atoms with E-state index in [9.17, 15) is 0 Å². The summed E-state index contributed by atoms with van der Waals surface area (Å²) < 4.78 is 0. The summed E-state index contributed by atoms with van der Waals surface area (Å²) in [6.45, 7) is 4.08. The fourth-order valence-corrected chi connectivity index (χ4v) is 1.17. The first-order chi connectivity index (χ1) is 5.81. The van der Waals surface area contributed by atoms with E-state index >= 15 is 0 Å². The molecule has 0 aliphatic heterocycles. The average molecular weight is 162 g/mol. The van der Waals surface area contributed by atoms with Crippen LogP contribution >= 0.6 is 0 Å². The molecule has 0 saturated carbocycles. The van der Waals surface area contributed by atoms with Crippen molar-refractivity contribution in [3.63, 3.8) is 0 Å². The van der Waals surface area contributed by atoms with Gasteiger partial charge in [-0.15, -0.1) is 24.2 Å². The quantitative estimate of drug-likeness (QED) is 0.430. The van der Waals surface area contributed by atoms with Crippen LogP contribution in [0.4, 0.5) is 0 Å². The van der Waals surface area contributed by atoms with E-state index < -0.39 is 0 Å². The van der Waals surface area contributed by atoms with Gasteiger partial charge < -0.3 is 0 Å². The van der Waals surface area contributed by atoms with Crippen LogP contribution < -0.4 is 0 Å². The highest BCUT2D eigenvalue weighted by molar-refractivity contribution is 4.99. The zero-order chi connectivity index (χ0) is 9.23. The van der Waals surface area contributed by atoms with Crippen molar-refractivity contribution in [3.8, 4) is 24.2 Å². The molecule has 0 aliphatic carbocycles. The zero-order valence-corrected chi connectivity index (χ0v) is 8.19. The lowest BCUT2D eigenvalue weighted by atomic mass is 10.0. The Morgan fingerprint density at radius 2 is 2.00 bits per heavy atom.